The van der Waals surface area contributed by atoms with Gasteiger partial charge in [0, 0.05) is 0 Å². The lowest BCUT2D eigenvalue weighted by molar-refractivity contribution is 0.961. The van der Waals surface area contributed by atoms with Gasteiger partial charge in [-0.3, -0.25) is 0 Å². The van der Waals surface area contributed by atoms with Crippen molar-refractivity contribution >= 4 is 31.9 Å². The Balaban J connectivity index is 3.66. The van der Waals surface area contributed by atoms with Crippen molar-refractivity contribution in [2.24, 2.45) is 0 Å². The van der Waals surface area contributed by atoms with Crippen molar-refractivity contribution in [3.05, 3.63) is 0 Å². The molecular formula is C4H5Br2N. The summed E-state index contributed by atoms with van der Waals surface area (Å²) in [6, 6.07) is 2.02. The monoisotopic (exact) mass is 225 g/mol. The number of rotatable bonds is 1. The summed E-state index contributed by atoms with van der Waals surface area (Å²) in [5.74, 6) is 0. The van der Waals surface area contributed by atoms with Crippen molar-refractivity contribution in [3.63, 3.8) is 0 Å². The molecule has 0 aromatic heterocycles. The predicted molar refractivity (Wildman–Crippen MR) is 36.5 cm³/mol. The maximum atomic E-state index is 8.25. The van der Waals surface area contributed by atoms with Gasteiger partial charge in [0.05, 0.1) is 6.07 Å². The van der Waals surface area contributed by atoms with Crippen LogP contribution in [0.4, 0.5) is 0 Å². The number of nitriles is 1. The molecule has 0 saturated heterocycles. The molecular weight excluding hydrogens is 222 g/mol. The first kappa shape index (κ1) is 7.45. The van der Waals surface area contributed by atoms with Gasteiger partial charge in [-0.25, -0.2) is 0 Å². The lowest BCUT2D eigenvalue weighted by Gasteiger charge is -2.03. The van der Waals surface area contributed by atoms with E-state index in [9.17, 15) is 0 Å². The smallest absolute Gasteiger partial charge is 0.166 e. The summed E-state index contributed by atoms with van der Waals surface area (Å²) in [4.78, 5) is 0. The van der Waals surface area contributed by atoms with Crippen LogP contribution in [0.25, 0.3) is 0 Å². The van der Waals surface area contributed by atoms with Crippen molar-refractivity contribution in [1.82, 2.24) is 0 Å². The average Bonchev–Trinajstić information content (AvgIpc) is 1.68. The Morgan fingerprint density at radius 2 is 2.14 bits per heavy atom. The van der Waals surface area contributed by atoms with Crippen molar-refractivity contribution in [2.45, 2.75) is 16.6 Å². The molecule has 0 aliphatic carbocycles. The number of hydrogen-bond donors (Lipinski definition) is 0. The fourth-order valence-electron chi connectivity index (χ4n) is 0.0791. The fourth-order valence-corrected chi connectivity index (χ4v) is 0.0791. The molecule has 1 nitrogen and oxygen atoms in total. The lowest BCUT2D eigenvalue weighted by atomic mass is 10.4. The Bertz CT molecular complexity index is 92.4. The van der Waals surface area contributed by atoms with E-state index < -0.39 is 3.23 Å². The minimum atomic E-state index is -0.486. The molecule has 0 bridgehead atoms. The third-order valence-corrected chi connectivity index (χ3v) is 2.08. The van der Waals surface area contributed by atoms with Crippen molar-refractivity contribution in [3.8, 4) is 6.07 Å². The van der Waals surface area contributed by atoms with Gasteiger partial charge in [-0.05, 0) is 6.42 Å². The maximum Gasteiger partial charge on any atom is 0.166 e. The SMILES string of the molecule is CCC(Br)(Br)C#N. The molecule has 0 aliphatic heterocycles. The van der Waals surface area contributed by atoms with Crippen molar-refractivity contribution in [2.75, 3.05) is 0 Å². The highest BCUT2D eigenvalue weighted by Crippen LogP contribution is 2.27. The first-order valence-electron chi connectivity index (χ1n) is 1.91. The van der Waals surface area contributed by atoms with E-state index in [0.29, 0.717) is 0 Å². The molecule has 0 N–H and O–H groups in total. The van der Waals surface area contributed by atoms with E-state index in [1.807, 2.05) is 13.0 Å². The molecule has 40 valence electrons. The molecule has 0 radical (unpaired) electrons. The molecule has 0 amide bonds. The van der Waals surface area contributed by atoms with Crippen LogP contribution in [0.15, 0.2) is 0 Å². The molecule has 0 aliphatic rings. The van der Waals surface area contributed by atoms with Crippen LogP contribution in [0.5, 0.6) is 0 Å². The van der Waals surface area contributed by atoms with Crippen LogP contribution in [-0.4, -0.2) is 3.23 Å². The summed E-state index contributed by atoms with van der Waals surface area (Å²) >= 11 is 6.27. The highest BCUT2D eigenvalue weighted by Gasteiger charge is 2.17. The van der Waals surface area contributed by atoms with Gasteiger partial charge in [-0.1, -0.05) is 38.8 Å². The van der Waals surface area contributed by atoms with Gasteiger partial charge in [-0.15, -0.1) is 0 Å². The lowest BCUT2D eigenvalue weighted by Crippen LogP contribution is -2.02. The second kappa shape index (κ2) is 2.68. The zero-order valence-electron chi connectivity index (χ0n) is 3.91. The highest BCUT2D eigenvalue weighted by atomic mass is 79.9. The summed E-state index contributed by atoms with van der Waals surface area (Å²) < 4.78 is -0.486. The van der Waals surface area contributed by atoms with E-state index in [1.165, 1.54) is 0 Å². The van der Waals surface area contributed by atoms with Crippen LogP contribution in [0, 0.1) is 11.3 Å². The zero-order valence-corrected chi connectivity index (χ0v) is 7.08. The molecule has 0 saturated carbocycles. The first-order chi connectivity index (χ1) is 3.12. The van der Waals surface area contributed by atoms with Gasteiger partial charge in [0.2, 0.25) is 0 Å². The van der Waals surface area contributed by atoms with E-state index in [4.69, 9.17) is 5.26 Å². The summed E-state index contributed by atoms with van der Waals surface area (Å²) in [5, 5.41) is 8.25. The van der Waals surface area contributed by atoms with Crippen LogP contribution in [-0.2, 0) is 0 Å². The Morgan fingerprint density at radius 1 is 1.71 bits per heavy atom. The summed E-state index contributed by atoms with van der Waals surface area (Å²) in [5.41, 5.74) is 0. The number of nitrogens with zero attached hydrogens (tertiary/aromatic N) is 1. The number of halogens is 2. The Kier molecular flexibility index (Phi) is 2.86. The molecule has 3 heteroatoms. The highest BCUT2D eigenvalue weighted by molar-refractivity contribution is 9.25. The largest absolute Gasteiger partial charge is 0.196 e. The zero-order chi connectivity index (χ0) is 5.91. The minimum absolute atomic E-state index is 0.486. The van der Waals surface area contributed by atoms with Crippen LogP contribution in [0.2, 0.25) is 0 Å². The van der Waals surface area contributed by atoms with Crippen molar-refractivity contribution < 1.29 is 0 Å². The second-order valence-electron chi connectivity index (χ2n) is 1.17. The van der Waals surface area contributed by atoms with Crippen LogP contribution in [0.3, 0.4) is 0 Å². The minimum Gasteiger partial charge on any atom is -0.196 e. The third kappa shape index (κ3) is 3.07. The van der Waals surface area contributed by atoms with Crippen LogP contribution >= 0.6 is 31.9 Å². The third-order valence-electron chi connectivity index (χ3n) is 0.608. The van der Waals surface area contributed by atoms with Gasteiger partial charge in [0.25, 0.3) is 0 Å². The summed E-state index contributed by atoms with van der Waals surface area (Å²) in [6.07, 6.45) is 0.767. The van der Waals surface area contributed by atoms with E-state index in [2.05, 4.69) is 31.9 Å². The molecule has 0 unspecified atom stereocenters. The second-order valence-corrected chi connectivity index (χ2v) is 4.94. The predicted octanol–water partition coefficient (Wildman–Crippen LogP) is 2.41. The Morgan fingerprint density at radius 3 is 2.14 bits per heavy atom. The molecule has 0 spiro atoms. The maximum absolute atomic E-state index is 8.25. The molecule has 0 aromatic carbocycles. The quantitative estimate of drug-likeness (QED) is 0.631. The van der Waals surface area contributed by atoms with Gasteiger partial charge in [0.1, 0.15) is 0 Å². The summed E-state index contributed by atoms with van der Waals surface area (Å²) in [6.45, 7) is 1.92. The van der Waals surface area contributed by atoms with E-state index in [0.717, 1.165) is 6.42 Å². The number of alkyl halides is 2. The fraction of sp³-hybridized carbons (Fsp3) is 0.750. The van der Waals surface area contributed by atoms with Crippen molar-refractivity contribution in [1.29, 1.82) is 5.26 Å². The molecule has 0 aromatic rings. The average molecular weight is 227 g/mol. The van der Waals surface area contributed by atoms with Gasteiger partial charge in [0.15, 0.2) is 3.23 Å². The Hall–Kier alpha value is 0.450. The van der Waals surface area contributed by atoms with Gasteiger partial charge >= 0.3 is 0 Å². The molecule has 7 heavy (non-hydrogen) atoms. The first-order valence-corrected chi connectivity index (χ1v) is 3.50. The summed E-state index contributed by atoms with van der Waals surface area (Å²) in [7, 11) is 0. The van der Waals surface area contributed by atoms with E-state index in [1.54, 1.807) is 0 Å². The van der Waals surface area contributed by atoms with Gasteiger partial charge < -0.3 is 0 Å². The van der Waals surface area contributed by atoms with Crippen LogP contribution < -0.4 is 0 Å². The molecule has 0 heterocycles. The number of hydrogen-bond acceptors (Lipinski definition) is 1. The molecule has 0 atom stereocenters. The Labute approximate surface area is 60.0 Å². The topological polar surface area (TPSA) is 23.8 Å². The van der Waals surface area contributed by atoms with E-state index >= 15 is 0 Å². The molecule has 0 fully saturated rings. The molecule has 0 rings (SSSR count). The van der Waals surface area contributed by atoms with Gasteiger partial charge in [-0.2, -0.15) is 5.26 Å². The standard InChI is InChI=1S/C4H5Br2N/c1-2-4(5,6)3-7/h2H2,1H3. The van der Waals surface area contributed by atoms with E-state index in [-0.39, 0.29) is 0 Å². The normalized spacial score (nSPS) is 10.6. The van der Waals surface area contributed by atoms with Crippen LogP contribution in [0.1, 0.15) is 13.3 Å².